The zero-order chi connectivity index (χ0) is 15.0. The van der Waals surface area contributed by atoms with Gasteiger partial charge in [0, 0.05) is 6.54 Å². The molecule has 6 heteroatoms. The number of rotatable bonds is 9. The summed E-state index contributed by atoms with van der Waals surface area (Å²) in [6.45, 7) is 5.53. The molecule has 1 rings (SSSR count). The van der Waals surface area contributed by atoms with Crippen molar-refractivity contribution in [3.63, 3.8) is 0 Å². The van der Waals surface area contributed by atoms with E-state index in [2.05, 4.69) is 12.2 Å². The highest BCUT2D eigenvalue weighted by molar-refractivity contribution is 7.92. The molecule has 0 aliphatic heterocycles. The van der Waals surface area contributed by atoms with Crippen LogP contribution >= 0.6 is 0 Å². The quantitative estimate of drug-likeness (QED) is 0.713. The van der Waals surface area contributed by atoms with Gasteiger partial charge in [-0.3, -0.25) is 4.31 Å². The first-order valence-electron chi connectivity index (χ1n) is 6.98. The Hall–Kier alpha value is -1.14. The number of hydrogen-bond acceptors (Lipinski definition) is 3. The van der Waals surface area contributed by atoms with Crippen LogP contribution in [0.5, 0.6) is 0 Å². The van der Waals surface area contributed by atoms with Gasteiger partial charge < -0.3 is 5.32 Å². The molecule has 0 fully saturated rings. The van der Waals surface area contributed by atoms with E-state index in [1.54, 1.807) is 19.1 Å². The van der Waals surface area contributed by atoms with Gasteiger partial charge in [-0.2, -0.15) is 0 Å². The van der Waals surface area contributed by atoms with E-state index in [4.69, 9.17) is 0 Å². The summed E-state index contributed by atoms with van der Waals surface area (Å²) in [4.78, 5) is 0. The molecule has 0 unspecified atom stereocenters. The van der Waals surface area contributed by atoms with Gasteiger partial charge in [0.15, 0.2) is 0 Å². The normalized spacial score (nSPS) is 11.6. The van der Waals surface area contributed by atoms with Crippen LogP contribution in [0.1, 0.15) is 26.7 Å². The van der Waals surface area contributed by atoms with Gasteiger partial charge in [0.05, 0.1) is 11.4 Å². The van der Waals surface area contributed by atoms with Gasteiger partial charge in [0.1, 0.15) is 5.82 Å². The number of halogens is 1. The summed E-state index contributed by atoms with van der Waals surface area (Å²) in [5.74, 6) is -0.492. The fourth-order valence-electron chi connectivity index (χ4n) is 1.96. The number of para-hydroxylation sites is 1. The van der Waals surface area contributed by atoms with E-state index in [1.807, 2.05) is 0 Å². The van der Waals surface area contributed by atoms with Gasteiger partial charge in [-0.15, -0.1) is 0 Å². The van der Waals surface area contributed by atoms with Crippen LogP contribution in [0.4, 0.5) is 10.1 Å². The number of hydrogen-bond donors (Lipinski definition) is 1. The van der Waals surface area contributed by atoms with E-state index >= 15 is 0 Å². The highest BCUT2D eigenvalue weighted by atomic mass is 32.2. The summed E-state index contributed by atoms with van der Waals surface area (Å²) in [6, 6.07) is 5.95. The Balaban J connectivity index is 2.71. The second-order valence-corrected chi connectivity index (χ2v) is 6.55. The van der Waals surface area contributed by atoms with Crippen molar-refractivity contribution in [1.82, 2.24) is 5.32 Å². The Kier molecular flexibility index (Phi) is 6.95. The molecule has 1 aromatic carbocycles. The first-order chi connectivity index (χ1) is 9.53. The average molecular weight is 302 g/mol. The van der Waals surface area contributed by atoms with Gasteiger partial charge in [0.2, 0.25) is 10.0 Å². The zero-order valence-electron chi connectivity index (χ0n) is 12.1. The number of anilines is 1. The van der Waals surface area contributed by atoms with Crippen molar-refractivity contribution in [3.8, 4) is 0 Å². The van der Waals surface area contributed by atoms with Crippen molar-refractivity contribution < 1.29 is 12.8 Å². The predicted octanol–water partition coefficient (Wildman–Crippen LogP) is 2.37. The molecule has 20 heavy (non-hydrogen) atoms. The zero-order valence-corrected chi connectivity index (χ0v) is 12.9. The van der Waals surface area contributed by atoms with Crippen LogP contribution in [0.2, 0.25) is 0 Å². The summed E-state index contributed by atoms with van der Waals surface area (Å²) in [7, 11) is -3.48. The average Bonchev–Trinajstić information content (AvgIpc) is 2.41. The maximum Gasteiger partial charge on any atom is 0.235 e. The molecule has 1 aromatic rings. The third kappa shape index (κ3) is 4.76. The SMILES string of the molecule is CCCNCCCS(=O)(=O)N(CC)c1ccccc1F. The first kappa shape index (κ1) is 16.9. The Labute approximate surface area is 121 Å². The molecule has 0 aliphatic rings. The Bertz CT molecular complexity index is 506. The third-order valence-corrected chi connectivity index (χ3v) is 4.86. The van der Waals surface area contributed by atoms with E-state index in [-0.39, 0.29) is 18.0 Å². The molecule has 0 aliphatic carbocycles. The minimum absolute atomic E-state index is 0.0197. The Morgan fingerprint density at radius 3 is 2.50 bits per heavy atom. The predicted molar refractivity (Wildman–Crippen MR) is 81.0 cm³/mol. The molecule has 0 saturated carbocycles. The summed E-state index contributed by atoms with van der Waals surface area (Å²) >= 11 is 0. The number of benzene rings is 1. The minimum atomic E-state index is -3.48. The highest BCUT2D eigenvalue weighted by Gasteiger charge is 2.22. The largest absolute Gasteiger partial charge is 0.317 e. The lowest BCUT2D eigenvalue weighted by Crippen LogP contribution is -2.34. The van der Waals surface area contributed by atoms with Gasteiger partial charge >= 0.3 is 0 Å². The highest BCUT2D eigenvalue weighted by Crippen LogP contribution is 2.21. The van der Waals surface area contributed by atoms with Gasteiger partial charge in [0.25, 0.3) is 0 Å². The van der Waals surface area contributed by atoms with Crippen LogP contribution in [0.25, 0.3) is 0 Å². The van der Waals surface area contributed by atoms with E-state index in [1.165, 1.54) is 12.1 Å². The maximum absolute atomic E-state index is 13.7. The summed E-state index contributed by atoms with van der Waals surface area (Å²) in [5.41, 5.74) is 0.122. The monoisotopic (exact) mass is 302 g/mol. The van der Waals surface area contributed by atoms with Crippen LogP contribution in [0, 0.1) is 5.82 Å². The van der Waals surface area contributed by atoms with Gasteiger partial charge in [-0.05, 0) is 45.0 Å². The standard InChI is InChI=1S/C14H23FN2O2S/c1-3-10-16-11-7-12-20(18,19)17(4-2)14-9-6-5-8-13(14)15/h5-6,8-9,16H,3-4,7,10-12H2,1-2H3. The first-order valence-corrected chi connectivity index (χ1v) is 8.59. The van der Waals surface area contributed by atoms with Crippen LogP contribution in [-0.2, 0) is 10.0 Å². The van der Waals surface area contributed by atoms with Crippen molar-refractivity contribution in [2.75, 3.05) is 29.7 Å². The molecular formula is C14H23FN2O2S. The summed E-state index contributed by atoms with van der Waals surface area (Å²) < 4.78 is 39.4. The van der Waals surface area contributed by atoms with Crippen LogP contribution in [0.15, 0.2) is 24.3 Å². The van der Waals surface area contributed by atoms with E-state index in [9.17, 15) is 12.8 Å². The molecular weight excluding hydrogens is 279 g/mol. The molecule has 4 nitrogen and oxygen atoms in total. The van der Waals surface area contributed by atoms with Crippen LogP contribution < -0.4 is 9.62 Å². The van der Waals surface area contributed by atoms with Crippen LogP contribution in [-0.4, -0.2) is 33.8 Å². The smallest absolute Gasteiger partial charge is 0.235 e. The fourth-order valence-corrected chi connectivity index (χ4v) is 3.53. The third-order valence-electron chi connectivity index (χ3n) is 2.93. The molecule has 0 aromatic heterocycles. The number of sulfonamides is 1. The van der Waals surface area contributed by atoms with Gasteiger partial charge in [-0.25, -0.2) is 12.8 Å². The van der Waals surface area contributed by atoms with Crippen molar-refractivity contribution in [3.05, 3.63) is 30.1 Å². The molecule has 0 spiro atoms. The second kappa shape index (κ2) is 8.21. The molecule has 0 heterocycles. The molecule has 114 valence electrons. The molecule has 0 atom stereocenters. The molecule has 1 N–H and O–H groups in total. The van der Waals surface area contributed by atoms with Crippen molar-refractivity contribution in [2.45, 2.75) is 26.7 Å². The lowest BCUT2D eigenvalue weighted by atomic mass is 10.3. The minimum Gasteiger partial charge on any atom is -0.317 e. The van der Waals surface area contributed by atoms with Crippen molar-refractivity contribution >= 4 is 15.7 Å². The van der Waals surface area contributed by atoms with E-state index < -0.39 is 15.8 Å². The maximum atomic E-state index is 13.7. The lowest BCUT2D eigenvalue weighted by Gasteiger charge is -2.23. The second-order valence-electron chi connectivity index (χ2n) is 4.54. The molecule has 0 bridgehead atoms. The number of nitrogens with zero attached hydrogens (tertiary/aromatic N) is 1. The van der Waals surface area contributed by atoms with E-state index in [0.717, 1.165) is 17.3 Å². The molecule has 0 amide bonds. The Morgan fingerprint density at radius 2 is 1.90 bits per heavy atom. The molecule has 0 radical (unpaired) electrons. The fraction of sp³-hybridized carbons (Fsp3) is 0.571. The van der Waals surface area contributed by atoms with Crippen molar-refractivity contribution in [2.24, 2.45) is 0 Å². The van der Waals surface area contributed by atoms with Crippen molar-refractivity contribution in [1.29, 1.82) is 0 Å². The summed E-state index contributed by atoms with van der Waals surface area (Å²) in [5, 5.41) is 3.16. The van der Waals surface area contributed by atoms with Crippen LogP contribution in [0.3, 0.4) is 0 Å². The number of nitrogens with one attached hydrogen (secondary N) is 1. The Morgan fingerprint density at radius 1 is 1.20 bits per heavy atom. The lowest BCUT2D eigenvalue weighted by molar-refractivity contribution is 0.580. The topological polar surface area (TPSA) is 49.4 Å². The van der Waals surface area contributed by atoms with E-state index in [0.29, 0.717) is 13.0 Å². The molecule has 0 saturated heterocycles. The van der Waals surface area contributed by atoms with Gasteiger partial charge in [-0.1, -0.05) is 19.1 Å². The summed E-state index contributed by atoms with van der Waals surface area (Å²) in [6.07, 6.45) is 1.54.